The number of hydrogen-bond acceptors (Lipinski definition) is 6. The predicted octanol–water partition coefficient (Wildman–Crippen LogP) is 1.79. The van der Waals surface area contributed by atoms with E-state index < -0.39 is 18.5 Å². The van der Waals surface area contributed by atoms with Crippen molar-refractivity contribution in [2.24, 2.45) is 5.92 Å². The zero-order valence-electron chi connectivity index (χ0n) is 16.0. The van der Waals surface area contributed by atoms with Crippen LogP contribution in [0.15, 0.2) is 34.4 Å². The van der Waals surface area contributed by atoms with Crippen LogP contribution >= 0.6 is 11.3 Å². The Kier molecular flexibility index (Phi) is 7.51. The Morgan fingerprint density at radius 1 is 1.21 bits per heavy atom. The smallest absolute Gasteiger partial charge is 0.326 e. The van der Waals surface area contributed by atoms with Gasteiger partial charge in [-0.05, 0) is 25.0 Å². The zero-order valence-corrected chi connectivity index (χ0v) is 16.8. The lowest BCUT2D eigenvalue weighted by Crippen LogP contribution is -2.29. The number of nitrogens with zero attached hydrogens (tertiary/aromatic N) is 1. The molecule has 0 spiro atoms. The third kappa shape index (κ3) is 6.05. The molecule has 0 fully saturated rings. The largest absolute Gasteiger partial charge is 0.454 e. The molecule has 0 saturated heterocycles. The van der Waals surface area contributed by atoms with Crippen LogP contribution in [0, 0.1) is 12.8 Å². The molecular formula is C19H23N3O5S. The number of aryl methyl sites for hydroxylation is 1. The number of thiazole rings is 1. The van der Waals surface area contributed by atoms with Gasteiger partial charge in [-0.1, -0.05) is 37.3 Å². The van der Waals surface area contributed by atoms with Crippen molar-refractivity contribution in [2.45, 2.75) is 27.3 Å². The van der Waals surface area contributed by atoms with Gasteiger partial charge in [0, 0.05) is 17.6 Å². The van der Waals surface area contributed by atoms with Crippen molar-refractivity contribution in [3.8, 4) is 0 Å². The van der Waals surface area contributed by atoms with Crippen LogP contribution in [0.3, 0.4) is 0 Å². The van der Waals surface area contributed by atoms with Crippen LogP contribution in [-0.2, 0) is 20.9 Å². The summed E-state index contributed by atoms with van der Waals surface area (Å²) >= 11 is 0.992. The van der Waals surface area contributed by atoms with Gasteiger partial charge in [0.2, 0.25) is 0 Å². The number of aromatic nitrogens is 1. The van der Waals surface area contributed by atoms with Crippen molar-refractivity contribution in [2.75, 3.05) is 18.5 Å². The Morgan fingerprint density at radius 2 is 1.93 bits per heavy atom. The van der Waals surface area contributed by atoms with Crippen LogP contribution in [0.25, 0.3) is 0 Å². The number of ether oxygens (including phenoxy) is 1. The molecule has 0 bridgehead atoms. The first kappa shape index (κ1) is 21.4. The summed E-state index contributed by atoms with van der Waals surface area (Å²) < 4.78 is 6.21. The fourth-order valence-electron chi connectivity index (χ4n) is 2.29. The second-order valence-electron chi connectivity index (χ2n) is 6.59. The molecule has 0 aliphatic heterocycles. The third-order valence-corrected chi connectivity index (χ3v) is 4.63. The molecule has 0 atom stereocenters. The molecule has 2 aromatic rings. The van der Waals surface area contributed by atoms with Crippen LogP contribution in [0.1, 0.15) is 29.9 Å². The summed E-state index contributed by atoms with van der Waals surface area (Å²) in [7, 11) is 0. The van der Waals surface area contributed by atoms with Crippen molar-refractivity contribution in [3.63, 3.8) is 0 Å². The standard InChI is InChI=1S/C19H23N3O5S/c1-12(2)8-20-18(25)14-6-4-5-7-15(14)21-16(23)10-27-17(24)9-22-13(3)11-28-19(22)26/h4-7,11-12H,8-10H2,1-3H3,(H,20,25)(H,21,23). The normalized spacial score (nSPS) is 10.6. The Hall–Kier alpha value is -2.94. The molecule has 9 heteroatoms. The number of carbonyl (C=O) groups excluding carboxylic acids is 3. The molecule has 0 unspecified atom stereocenters. The van der Waals surface area contributed by atoms with Crippen molar-refractivity contribution in [3.05, 3.63) is 50.6 Å². The first-order valence-electron chi connectivity index (χ1n) is 8.75. The van der Waals surface area contributed by atoms with Crippen molar-refractivity contribution >= 4 is 34.8 Å². The maximum Gasteiger partial charge on any atom is 0.326 e. The van der Waals surface area contributed by atoms with Crippen LogP contribution in [0.4, 0.5) is 5.69 Å². The molecule has 28 heavy (non-hydrogen) atoms. The molecule has 0 radical (unpaired) electrons. The number of anilines is 1. The fourth-order valence-corrected chi connectivity index (χ4v) is 3.02. The summed E-state index contributed by atoms with van der Waals surface area (Å²) in [4.78, 5) is 47.6. The van der Waals surface area contributed by atoms with E-state index in [4.69, 9.17) is 4.74 Å². The first-order chi connectivity index (χ1) is 13.3. The quantitative estimate of drug-likeness (QED) is 0.651. The maximum atomic E-state index is 12.3. The number of hydrogen-bond donors (Lipinski definition) is 2. The summed E-state index contributed by atoms with van der Waals surface area (Å²) in [6, 6.07) is 6.58. The predicted molar refractivity (Wildman–Crippen MR) is 107 cm³/mol. The maximum absolute atomic E-state index is 12.3. The highest BCUT2D eigenvalue weighted by Crippen LogP contribution is 2.15. The van der Waals surface area contributed by atoms with E-state index >= 15 is 0 Å². The number of nitrogens with one attached hydrogen (secondary N) is 2. The molecular weight excluding hydrogens is 382 g/mol. The van der Waals surface area contributed by atoms with Gasteiger partial charge in [0.05, 0.1) is 11.3 Å². The number of benzene rings is 1. The second-order valence-corrected chi connectivity index (χ2v) is 7.41. The van der Waals surface area contributed by atoms with Gasteiger partial charge in [0.1, 0.15) is 6.54 Å². The molecule has 2 amide bonds. The second kappa shape index (κ2) is 9.84. The Bertz CT molecular complexity index is 916. The topological polar surface area (TPSA) is 106 Å². The molecule has 1 aromatic carbocycles. The summed E-state index contributed by atoms with van der Waals surface area (Å²) in [6.07, 6.45) is 0. The molecule has 0 aliphatic carbocycles. The van der Waals surface area contributed by atoms with Gasteiger partial charge in [-0.3, -0.25) is 23.7 Å². The third-order valence-electron chi connectivity index (χ3n) is 3.74. The van der Waals surface area contributed by atoms with Gasteiger partial charge in [-0.2, -0.15) is 0 Å². The SMILES string of the molecule is Cc1csc(=O)n1CC(=O)OCC(=O)Nc1ccccc1C(=O)NCC(C)C. The first-order valence-corrected chi connectivity index (χ1v) is 9.63. The molecule has 0 aliphatic rings. The molecule has 150 valence electrons. The zero-order chi connectivity index (χ0) is 20.7. The van der Waals surface area contributed by atoms with E-state index in [-0.39, 0.29) is 17.3 Å². The van der Waals surface area contributed by atoms with Crippen LogP contribution < -0.4 is 15.5 Å². The van der Waals surface area contributed by atoms with E-state index in [1.54, 1.807) is 36.6 Å². The minimum absolute atomic E-state index is 0.254. The Morgan fingerprint density at radius 3 is 2.57 bits per heavy atom. The number of para-hydroxylation sites is 1. The Labute approximate surface area is 166 Å². The number of esters is 1. The molecule has 2 rings (SSSR count). The number of carbonyl (C=O) groups is 3. The molecule has 0 saturated carbocycles. The van der Waals surface area contributed by atoms with E-state index in [9.17, 15) is 19.2 Å². The minimum Gasteiger partial charge on any atom is -0.454 e. The summed E-state index contributed by atoms with van der Waals surface area (Å²) in [5.74, 6) is -1.27. The van der Waals surface area contributed by atoms with E-state index in [1.807, 2.05) is 13.8 Å². The highest BCUT2D eigenvalue weighted by atomic mass is 32.1. The summed E-state index contributed by atoms with van der Waals surface area (Å²) in [6.45, 7) is 5.41. The van der Waals surface area contributed by atoms with Gasteiger partial charge in [0.25, 0.3) is 11.8 Å². The van der Waals surface area contributed by atoms with Crippen molar-refractivity contribution in [1.29, 1.82) is 0 Å². The molecule has 2 N–H and O–H groups in total. The molecule has 1 heterocycles. The molecule has 1 aromatic heterocycles. The van der Waals surface area contributed by atoms with E-state index in [1.165, 1.54) is 4.57 Å². The van der Waals surface area contributed by atoms with Gasteiger partial charge in [-0.15, -0.1) is 0 Å². The highest BCUT2D eigenvalue weighted by Gasteiger charge is 2.15. The van der Waals surface area contributed by atoms with Gasteiger partial charge >= 0.3 is 10.8 Å². The minimum atomic E-state index is -0.693. The van der Waals surface area contributed by atoms with Gasteiger partial charge < -0.3 is 15.4 Å². The lowest BCUT2D eigenvalue weighted by molar-refractivity contribution is -0.147. The van der Waals surface area contributed by atoms with Crippen molar-refractivity contribution < 1.29 is 19.1 Å². The average Bonchev–Trinajstić information content (AvgIpc) is 2.97. The summed E-state index contributed by atoms with van der Waals surface area (Å²) in [5, 5.41) is 7.01. The monoisotopic (exact) mass is 405 g/mol. The number of rotatable bonds is 8. The lowest BCUT2D eigenvalue weighted by Gasteiger charge is -2.12. The van der Waals surface area contributed by atoms with Crippen LogP contribution in [0.2, 0.25) is 0 Å². The van der Waals surface area contributed by atoms with Crippen LogP contribution in [0.5, 0.6) is 0 Å². The highest BCUT2D eigenvalue weighted by molar-refractivity contribution is 7.07. The van der Waals surface area contributed by atoms with Gasteiger partial charge in [0.15, 0.2) is 6.61 Å². The van der Waals surface area contributed by atoms with E-state index in [0.717, 1.165) is 11.3 Å². The summed E-state index contributed by atoms with van der Waals surface area (Å²) in [5.41, 5.74) is 1.30. The van der Waals surface area contributed by atoms with E-state index in [0.29, 0.717) is 29.4 Å². The molecule has 8 nitrogen and oxygen atoms in total. The number of amides is 2. The van der Waals surface area contributed by atoms with Gasteiger partial charge in [-0.25, -0.2) is 0 Å². The average molecular weight is 405 g/mol. The lowest BCUT2D eigenvalue weighted by atomic mass is 10.1. The van der Waals surface area contributed by atoms with Crippen LogP contribution in [-0.4, -0.2) is 35.5 Å². The van der Waals surface area contributed by atoms with E-state index in [2.05, 4.69) is 10.6 Å². The fraction of sp³-hybridized carbons (Fsp3) is 0.368. The van der Waals surface area contributed by atoms with Crippen molar-refractivity contribution in [1.82, 2.24) is 9.88 Å². The Balaban J connectivity index is 1.92.